The number of aliphatic hydroxyl groups is 1. The van der Waals surface area contributed by atoms with Crippen molar-refractivity contribution in [1.82, 2.24) is 0 Å². The first-order valence-electron chi connectivity index (χ1n) is 8.97. The Bertz CT molecular complexity index is 1130. The number of phenolic OH excluding ortho intramolecular Hbond substituents is 2. The number of benzene rings is 2. The Morgan fingerprint density at radius 2 is 1.77 bits per heavy atom. The Labute approximate surface area is 177 Å². The van der Waals surface area contributed by atoms with Gasteiger partial charge in [-0.15, -0.1) is 12.4 Å². The van der Waals surface area contributed by atoms with Gasteiger partial charge in [0.25, 0.3) is 0 Å². The number of hydrogen-bond acceptors (Lipinski definition) is 8. The van der Waals surface area contributed by atoms with Crippen molar-refractivity contribution in [3.05, 3.63) is 51.6 Å². The summed E-state index contributed by atoms with van der Waals surface area (Å²) in [4.78, 5) is 38.3. The van der Waals surface area contributed by atoms with E-state index in [-0.39, 0.29) is 58.8 Å². The Morgan fingerprint density at radius 3 is 2.37 bits per heavy atom. The summed E-state index contributed by atoms with van der Waals surface area (Å²) in [6.45, 7) is 1.27. The van der Waals surface area contributed by atoms with Crippen molar-refractivity contribution in [3.8, 4) is 17.2 Å². The molecule has 30 heavy (non-hydrogen) atoms. The number of carbonyl (C=O) groups is 3. The van der Waals surface area contributed by atoms with Gasteiger partial charge in [-0.25, -0.2) is 0 Å². The maximum Gasteiger partial charge on any atom is 0.202 e. The molecule has 0 spiro atoms. The number of ketones is 3. The molecule has 2 atom stereocenters. The molecule has 4 rings (SSSR count). The molecular formula is C21H20ClNO7. The average Bonchev–Trinajstić information content (AvgIpc) is 2.67. The molecule has 0 amide bonds. The lowest BCUT2D eigenvalue weighted by Gasteiger charge is -2.37. The summed E-state index contributed by atoms with van der Waals surface area (Å²) in [6.07, 6.45) is -1.78. The molecule has 8 nitrogen and oxygen atoms in total. The maximum atomic E-state index is 13.2. The minimum Gasteiger partial charge on any atom is -0.507 e. The Morgan fingerprint density at radius 1 is 1.13 bits per heavy atom. The molecule has 2 aromatic carbocycles. The molecule has 0 heterocycles. The van der Waals surface area contributed by atoms with Crippen LogP contribution in [0.4, 0.5) is 0 Å². The zero-order chi connectivity index (χ0) is 21.2. The van der Waals surface area contributed by atoms with Gasteiger partial charge in [0.2, 0.25) is 5.78 Å². The number of carbonyl (C=O) groups excluding carboxylic acids is 3. The lowest BCUT2D eigenvalue weighted by molar-refractivity contribution is -0.123. The molecule has 0 aromatic heterocycles. The number of halogens is 1. The van der Waals surface area contributed by atoms with Gasteiger partial charge in [-0.05, 0) is 13.0 Å². The van der Waals surface area contributed by atoms with Crippen LogP contribution in [0.15, 0.2) is 18.2 Å². The number of aromatic hydroxyl groups is 2. The van der Waals surface area contributed by atoms with E-state index in [1.165, 1.54) is 32.2 Å². The van der Waals surface area contributed by atoms with Gasteiger partial charge in [0, 0.05) is 29.5 Å². The fourth-order valence-corrected chi connectivity index (χ4v) is 4.26. The Kier molecular flexibility index (Phi) is 5.14. The molecule has 0 bridgehead atoms. The summed E-state index contributed by atoms with van der Waals surface area (Å²) in [5.74, 6) is -2.78. The van der Waals surface area contributed by atoms with Crippen molar-refractivity contribution in [2.24, 2.45) is 5.73 Å². The lowest BCUT2D eigenvalue weighted by Crippen LogP contribution is -2.52. The van der Waals surface area contributed by atoms with E-state index >= 15 is 0 Å². The Balaban J connectivity index is 0.00000256. The molecule has 5 N–H and O–H groups in total. The number of ether oxygens (including phenoxy) is 1. The summed E-state index contributed by atoms with van der Waals surface area (Å²) >= 11 is 0. The first kappa shape index (κ1) is 21.8. The van der Waals surface area contributed by atoms with Crippen molar-refractivity contribution in [2.45, 2.75) is 31.4 Å². The first-order chi connectivity index (χ1) is 13.6. The van der Waals surface area contributed by atoms with Crippen LogP contribution in [0.25, 0.3) is 0 Å². The van der Waals surface area contributed by atoms with Gasteiger partial charge in [0.05, 0.1) is 35.4 Å². The quantitative estimate of drug-likeness (QED) is 0.445. The molecule has 158 valence electrons. The SMILES string of the molecule is COc1cccc2c1C(=O)c1c(O)c3c(c(O)c1C2=O)CC(N)(C(C)=O)CC3O.Cl. The van der Waals surface area contributed by atoms with E-state index in [0.717, 1.165) is 0 Å². The summed E-state index contributed by atoms with van der Waals surface area (Å²) < 4.78 is 5.18. The zero-order valence-electron chi connectivity index (χ0n) is 16.2. The molecule has 0 aliphatic heterocycles. The van der Waals surface area contributed by atoms with Crippen molar-refractivity contribution < 1.29 is 34.4 Å². The third-order valence-corrected chi connectivity index (χ3v) is 5.85. The van der Waals surface area contributed by atoms with E-state index in [2.05, 4.69) is 0 Å². The van der Waals surface area contributed by atoms with Gasteiger partial charge < -0.3 is 25.8 Å². The molecule has 0 saturated carbocycles. The minimum absolute atomic E-state index is 0. The second-order valence-electron chi connectivity index (χ2n) is 7.49. The third kappa shape index (κ3) is 2.72. The zero-order valence-corrected chi connectivity index (χ0v) is 17.0. The van der Waals surface area contributed by atoms with Crippen molar-refractivity contribution >= 4 is 29.8 Å². The number of hydrogen-bond donors (Lipinski definition) is 4. The van der Waals surface area contributed by atoms with Crippen molar-refractivity contribution in [3.63, 3.8) is 0 Å². The summed E-state index contributed by atoms with van der Waals surface area (Å²) in [7, 11) is 1.35. The fourth-order valence-electron chi connectivity index (χ4n) is 4.26. The van der Waals surface area contributed by atoms with Crippen LogP contribution in [0.5, 0.6) is 17.2 Å². The van der Waals surface area contributed by atoms with Crippen LogP contribution < -0.4 is 10.5 Å². The molecule has 0 saturated heterocycles. The van der Waals surface area contributed by atoms with E-state index < -0.39 is 46.1 Å². The molecule has 0 radical (unpaired) electrons. The molecule has 2 aliphatic rings. The molecule has 0 fully saturated rings. The lowest BCUT2D eigenvalue weighted by atomic mass is 9.71. The van der Waals surface area contributed by atoms with Gasteiger partial charge >= 0.3 is 0 Å². The number of aliphatic hydroxyl groups excluding tert-OH is 1. The molecule has 2 unspecified atom stereocenters. The molecule has 9 heteroatoms. The van der Waals surface area contributed by atoms with Crippen LogP contribution in [-0.2, 0) is 11.2 Å². The van der Waals surface area contributed by atoms with Gasteiger partial charge in [0.15, 0.2) is 5.78 Å². The first-order valence-corrected chi connectivity index (χ1v) is 8.97. The molecular weight excluding hydrogens is 414 g/mol. The minimum atomic E-state index is -1.46. The largest absolute Gasteiger partial charge is 0.507 e. The summed E-state index contributed by atoms with van der Waals surface area (Å²) in [6, 6.07) is 4.47. The predicted octanol–water partition coefficient (Wildman–Crippen LogP) is 1.57. The van der Waals surface area contributed by atoms with Crippen molar-refractivity contribution in [1.29, 1.82) is 0 Å². The number of phenols is 2. The average molecular weight is 434 g/mol. The van der Waals surface area contributed by atoms with Crippen LogP contribution in [0, 0.1) is 0 Å². The number of nitrogens with two attached hydrogens (primary N) is 1. The van der Waals surface area contributed by atoms with E-state index in [4.69, 9.17) is 10.5 Å². The van der Waals surface area contributed by atoms with Crippen LogP contribution >= 0.6 is 12.4 Å². The van der Waals surface area contributed by atoms with E-state index in [0.29, 0.717) is 0 Å². The number of fused-ring (bicyclic) bond motifs is 3. The van der Waals surface area contributed by atoms with E-state index in [9.17, 15) is 29.7 Å². The van der Waals surface area contributed by atoms with Gasteiger partial charge in [-0.1, -0.05) is 12.1 Å². The second-order valence-corrected chi connectivity index (χ2v) is 7.49. The maximum absolute atomic E-state index is 13.2. The normalized spacial score (nSPS) is 21.8. The van der Waals surface area contributed by atoms with Crippen molar-refractivity contribution in [2.75, 3.05) is 7.11 Å². The number of methoxy groups -OCH3 is 1. The summed E-state index contributed by atoms with van der Waals surface area (Å²) in [5, 5.41) is 32.3. The monoisotopic (exact) mass is 433 g/mol. The third-order valence-electron chi connectivity index (χ3n) is 5.85. The summed E-state index contributed by atoms with van der Waals surface area (Å²) in [5.41, 5.74) is 3.78. The number of Topliss-reactive ketones (excluding diaryl/α,β-unsaturated/α-hetero) is 1. The van der Waals surface area contributed by atoms with Crippen LogP contribution in [0.2, 0.25) is 0 Å². The van der Waals surface area contributed by atoms with Crippen LogP contribution in [-0.4, -0.2) is 45.3 Å². The molecule has 2 aromatic rings. The number of rotatable bonds is 2. The smallest absolute Gasteiger partial charge is 0.202 e. The van der Waals surface area contributed by atoms with Gasteiger partial charge in [0.1, 0.15) is 23.0 Å². The van der Waals surface area contributed by atoms with E-state index in [1.807, 2.05) is 0 Å². The highest BCUT2D eigenvalue weighted by Gasteiger charge is 2.46. The fraction of sp³-hybridized carbons (Fsp3) is 0.286. The van der Waals surface area contributed by atoms with Gasteiger partial charge in [-0.3, -0.25) is 14.4 Å². The standard InChI is InChI=1S/C21H19NO7.ClH/c1-8(23)21(22)6-10-13(11(24)7-21)19(27)16-15(18(10)26)17(25)9-4-3-5-12(29-2)14(9)20(16)28;/h3-5,11,24,26-27H,6-7,22H2,1-2H3;1H. The highest BCUT2D eigenvalue weighted by Crippen LogP contribution is 2.50. The topological polar surface area (TPSA) is 147 Å². The molecule has 2 aliphatic carbocycles. The second kappa shape index (κ2) is 7.09. The highest BCUT2D eigenvalue weighted by atomic mass is 35.5. The van der Waals surface area contributed by atoms with Crippen LogP contribution in [0.1, 0.15) is 62.4 Å². The highest BCUT2D eigenvalue weighted by molar-refractivity contribution is 6.31. The van der Waals surface area contributed by atoms with E-state index in [1.54, 1.807) is 0 Å². The van der Waals surface area contributed by atoms with Crippen LogP contribution in [0.3, 0.4) is 0 Å². The van der Waals surface area contributed by atoms with Gasteiger partial charge in [-0.2, -0.15) is 0 Å². The predicted molar refractivity (Wildman–Crippen MR) is 108 cm³/mol. The Hall–Kier alpha value is -2.94.